The zero-order valence-electron chi connectivity index (χ0n) is 30.9. The largest absolute Gasteiger partial charge is 0.453 e. The number of rotatable bonds is 15. The molecule has 12 heteroatoms. The highest BCUT2D eigenvalue weighted by atomic mass is 32.2. The van der Waals surface area contributed by atoms with Crippen molar-refractivity contribution in [1.82, 2.24) is 15.1 Å². The van der Waals surface area contributed by atoms with Gasteiger partial charge >= 0.3 is 6.09 Å². The number of ether oxygens (including phenoxy) is 1. The number of piperidine rings is 1. The van der Waals surface area contributed by atoms with E-state index < -0.39 is 21.8 Å². The summed E-state index contributed by atoms with van der Waals surface area (Å²) >= 11 is 0. The van der Waals surface area contributed by atoms with E-state index in [-0.39, 0.29) is 38.5 Å². The van der Waals surface area contributed by atoms with Gasteiger partial charge in [0.05, 0.1) is 16.9 Å². The van der Waals surface area contributed by atoms with Gasteiger partial charge in [-0.05, 0) is 142 Å². The quantitative estimate of drug-likeness (QED) is 0.171. The van der Waals surface area contributed by atoms with Gasteiger partial charge in [0.1, 0.15) is 5.82 Å². The van der Waals surface area contributed by atoms with Crippen molar-refractivity contribution in [3.05, 3.63) is 89.7 Å². The van der Waals surface area contributed by atoms with Crippen LogP contribution in [-0.2, 0) is 20.0 Å². The smallest absolute Gasteiger partial charge is 0.407 e. The van der Waals surface area contributed by atoms with Crippen LogP contribution in [-0.4, -0.2) is 89.2 Å². The van der Waals surface area contributed by atoms with Crippen molar-refractivity contribution in [2.45, 2.75) is 73.1 Å². The molecule has 3 aromatic rings. The lowest BCUT2D eigenvalue weighted by Gasteiger charge is -2.53. The Morgan fingerprint density at radius 2 is 1.60 bits per heavy atom. The predicted octanol–water partition coefficient (Wildman–Crippen LogP) is 6.08. The molecule has 0 spiro atoms. The molecule has 0 unspecified atom stereocenters. The van der Waals surface area contributed by atoms with Gasteiger partial charge in [-0.3, -0.25) is 4.79 Å². The molecular weight excluding hydrogens is 694 g/mol. The van der Waals surface area contributed by atoms with Crippen LogP contribution < -0.4 is 16.4 Å². The van der Waals surface area contributed by atoms with E-state index in [9.17, 15) is 18.0 Å². The number of hydrogen-bond acceptors (Lipinski definition) is 8. The lowest BCUT2D eigenvalue weighted by atomic mass is 9.57. The molecule has 53 heavy (non-hydrogen) atoms. The number of sulfone groups is 1. The van der Waals surface area contributed by atoms with E-state index in [4.69, 9.17) is 10.5 Å². The molecule has 3 aromatic carbocycles. The van der Waals surface area contributed by atoms with Gasteiger partial charge in [-0.25, -0.2) is 17.6 Å². The maximum atomic E-state index is 15.0. The summed E-state index contributed by atoms with van der Waals surface area (Å²) in [5.41, 5.74) is 7.16. The summed E-state index contributed by atoms with van der Waals surface area (Å²) in [5, 5.41) is 6.70. The maximum absolute atomic E-state index is 15.0. The van der Waals surface area contributed by atoms with Gasteiger partial charge in [-0.2, -0.15) is 0 Å². The number of likely N-dealkylation sites (tertiary alicyclic amines) is 2. The first kappa shape index (κ1) is 38.7. The van der Waals surface area contributed by atoms with Crippen LogP contribution in [0.15, 0.2) is 82.6 Å². The minimum atomic E-state index is -3.74. The second-order valence-electron chi connectivity index (χ2n) is 15.1. The van der Waals surface area contributed by atoms with E-state index in [1.54, 1.807) is 30.3 Å². The van der Waals surface area contributed by atoms with Gasteiger partial charge in [-0.15, -0.1) is 0 Å². The first-order valence-electron chi connectivity index (χ1n) is 19.1. The van der Waals surface area contributed by atoms with Gasteiger partial charge in [-0.1, -0.05) is 31.9 Å². The number of nitrogens with zero attached hydrogens (tertiary/aromatic N) is 2. The van der Waals surface area contributed by atoms with Crippen molar-refractivity contribution in [1.29, 1.82) is 0 Å². The molecule has 3 aliphatic rings. The molecule has 0 bridgehead atoms. The van der Waals surface area contributed by atoms with Crippen molar-refractivity contribution in [2.75, 3.05) is 58.2 Å². The molecular formula is C41H54FN5O5S. The summed E-state index contributed by atoms with van der Waals surface area (Å²) in [4.78, 5) is 29.3. The van der Waals surface area contributed by atoms with Gasteiger partial charge in [0.15, 0.2) is 0 Å². The number of carbonyl (C=O) groups excluding carboxylic acids is 2. The third kappa shape index (κ3) is 8.71. The van der Waals surface area contributed by atoms with Crippen LogP contribution in [0.3, 0.4) is 0 Å². The lowest BCUT2D eigenvalue weighted by Crippen LogP contribution is -2.59. The average molecular weight is 748 g/mol. The summed E-state index contributed by atoms with van der Waals surface area (Å²) in [6.45, 7) is 8.77. The number of nitrogens with two attached hydrogens (primary N) is 1. The third-order valence-corrected chi connectivity index (χ3v) is 13.9. The Morgan fingerprint density at radius 1 is 0.925 bits per heavy atom. The van der Waals surface area contributed by atoms with E-state index in [1.807, 2.05) is 6.07 Å². The first-order valence-corrected chi connectivity index (χ1v) is 20.6. The normalized spacial score (nSPS) is 21.6. The van der Waals surface area contributed by atoms with E-state index >= 15 is 4.39 Å². The molecule has 1 saturated carbocycles. The molecule has 286 valence electrons. The molecule has 3 fully saturated rings. The average Bonchev–Trinajstić information content (AvgIpc) is 3.61. The number of carbonyl (C=O) groups is 2. The van der Waals surface area contributed by atoms with Crippen LogP contribution in [0.1, 0.15) is 67.8 Å². The fraction of sp³-hybridized carbons (Fsp3) is 0.512. The Balaban J connectivity index is 1.11. The Bertz CT molecular complexity index is 1810. The highest BCUT2D eigenvalue weighted by Gasteiger charge is 2.53. The first-order chi connectivity index (χ1) is 25.5. The fourth-order valence-electron chi connectivity index (χ4n) is 9.02. The monoisotopic (exact) mass is 747 g/mol. The van der Waals surface area contributed by atoms with Crippen LogP contribution in [0.4, 0.5) is 14.9 Å². The highest BCUT2D eigenvalue weighted by Crippen LogP contribution is 2.51. The van der Waals surface area contributed by atoms with Crippen LogP contribution in [0.25, 0.3) is 0 Å². The highest BCUT2D eigenvalue weighted by molar-refractivity contribution is 7.91. The van der Waals surface area contributed by atoms with Crippen LogP contribution in [0.2, 0.25) is 0 Å². The molecule has 1 aliphatic carbocycles. The van der Waals surface area contributed by atoms with Crippen LogP contribution >= 0.6 is 0 Å². The zero-order chi connectivity index (χ0) is 37.6. The third-order valence-electron chi connectivity index (χ3n) is 12.1. The fourth-order valence-corrected chi connectivity index (χ4v) is 10.3. The summed E-state index contributed by atoms with van der Waals surface area (Å²) in [5.74, 6) is 0.0753. The molecule has 6 rings (SSSR count). The number of anilines is 1. The Kier molecular flexibility index (Phi) is 12.4. The van der Waals surface area contributed by atoms with Crippen LogP contribution in [0, 0.1) is 23.6 Å². The number of amides is 2. The maximum Gasteiger partial charge on any atom is 0.407 e. The second-order valence-corrected chi connectivity index (χ2v) is 17.1. The second kappa shape index (κ2) is 17.0. The number of benzene rings is 3. The number of hydrogen-bond donors (Lipinski definition) is 3. The minimum Gasteiger partial charge on any atom is -0.453 e. The molecule has 2 saturated heterocycles. The van der Waals surface area contributed by atoms with Crippen molar-refractivity contribution in [2.24, 2.45) is 23.5 Å². The summed E-state index contributed by atoms with van der Waals surface area (Å²) in [6.07, 6.45) is 6.66. The summed E-state index contributed by atoms with van der Waals surface area (Å²) < 4.78 is 46.4. The topological polar surface area (TPSA) is 134 Å². The number of alkyl carbamates (subject to hydrolysis) is 1. The van der Waals surface area contributed by atoms with E-state index in [2.05, 4.69) is 33.4 Å². The van der Waals surface area contributed by atoms with Crippen molar-refractivity contribution in [3.63, 3.8) is 0 Å². The van der Waals surface area contributed by atoms with E-state index in [1.165, 1.54) is 43.9 Å². The molecule has 0 radical (unpaired) electrons. The molecule has 2 heterocycles. The number of primary amides is 1. The van der Waals surface area contributed by atoms with Gasteiger partial charge < -0.3 is 30.9 Å². The molecule has 2 aliphatic heterocycles. The molecule has 4 N–H and O–H groups in total. The SMILES string of the molecule is CC[C@H](CNc1ccc(S(=O)(=O)c2ccc(C(N)=O)cc2)cc1)CN1CCC([C@@](CN2CCC2)(c2cccc(F)c2)[C@H]2CCC[C@@H]2NC(=O)OC)CC1. The van der Waals surface area contributed by atoms with Crippen molar-refractivity contribution >= 4 is 27.5 Å². The Hall–Kier alpha value is -4.00. The van der Waals surface area contributed by atoms with Crippen LogP contribution in [0.5, 0.6) is 0 Å². The molecule has 2 amide bonds. The van der Waals surface area contributed by atoms with Gasteiger partial charge in [0.25, 0.3) is 0 Å². The number of halogens is 1. The predicted molar refractivity (Wildman–Crippen MR) is 204 cm³/mol. The molecule has 10 nitrogen and oxygen atoms in total. The zero-order valence-corrected chi connectivity index (χ0v) is 31.8. The Labute approximate surface area is 313 Å². The minimum absolute atomic E-state index is 0.0235. The Morgan fingerprint density at radius 3 is 2.19 bits per heavy atom. The lowest BCUT2D eigenvalue weighted by molar-refractivity contribution is 0.0232. The van der Waals surface area contributed by atoms with E-state index in [0.717, 1.165) is 95.6 Å². The standard InChI is InChI=1S/C41H54FN5O5S/c1-3-29(26-44-34-13-17-36(18-14-34)53(50,51)35-15-11-30(12-16-35)39(43)48)27-46-23-19-31(20-24-46)41(28-47-21-6-22-47,32-7-4-8-33(42)25-32)37-9-5-10-38(37)45-40(49)52-2/h4,7-8,11-18,25,29,31,37-38,44H,3,5-6,9-10,19-24,26-28H2,1-2H3,(H2,43,48)(H,45,49)/t29-,37+,38+,41+/m1/s1. The van der Waals surface area contributed by atoms with Crippen molar-refractivity contribution in [3.8, 4) is 0 Å². The number of methoxy groups -OCH3 is 1. The summed E-state index contributed by atoms with van der Waals surface area (Å²) in [6, 6.07) is 19.6. The van der Waals surface area contributed by atoms with Gasteiger partial charge in [0.2, 0.25) is 15.7 Å². The van der Waals surface area contributed by atoms with Crippen molar-refractivity contribution < 1.29 is 27.1 Å². The molecule has 0 aromatic heterocycles. The van der Waals surface area contributed by atoms with E-state index in [0.29, 0.717) is 11.8 Å². The van der Waals surface area contributed by atoms with Gasteiger partial charge in [0, 0.05) is 42.3 Å². The molecule has 4 atom stereocenters. The number of nitrogens with one attached hydrogen (secondary N) is 2. The summed E-state index contributed by atoms with van der Waals surface area (Å²) in [7, 11) is -2.33.